The van der Waals surface area contributed by atoms with Crippen LogP contribution in [0.25, 0.3) is 0 Å². The monoisotopic (exact) mass is 504 g/mol. The van der Waals surface area contributed by atoms with E-state index in [4.69, 9.17) is 4.74 Å². The molecule has 3 rings (SSSR count). The van der Waals surface area contributed by atoms with Crippen molar-refractivity contribution in [2.45, 2.75) is 38.0 Å². The second-order valence-electron chi connectivity index (χ2n) is 8.52. The fraction of sp³-hybridized carbons (Fsp3) is 0.522. The van der Waals surface area contributed by atoms with E-state index in [1.807, 2.05) is 0 Å². The van der Waals surface area contributed by atoms with E-state index in [1.54, 1.807) is 18.2 Å². The number of carbonyl (C=O) groups is 5. The van der Waals surface area contributed by atoms with E-state index >= 15 is 0 Å². The molecule has 0 saturated carbocycles. The van der Waals surface area contributed by atoms with E-state index in [9.17, 15) is 29.1 Å². The molecule has 2 heterocycles. The molecule has 13 nitrogen and oxygen atoms in total. The predicted molar refractivity (Wildman–Crippen MR) is 127 cm³/mol. The topological polar surface area (TPSA) is 178 Å². The number of rotatable bonds is 5. The van der Waals surface area contributed by atoms with Crippen LogP contribution in [0, 0.1) is 0 Å². The van der Waals surface area contributed by atoms with Gasteiger partial charge in [-0.25, -0.2) is 4.79 Å². The first kappa shape index (κ1) is 26.7. The first-order chi connectivity index (χ1) is 17.3. The van der Waals surface area contributed by atoms with Gasteiger partial charge in [0.15, 0.2) is 0 Å². The molecular formula is C23H32N6O7. The Balaban J connectivity index is 1.77. The number of aliphatic hydroxyl groups is 1. The van der Waals surface area contributed by atoms with Crippen LogP contribution in [0.4, 0.5) is 4.79 Å². The maximum absolute atomic E-state index is 13.0. The van der Waals surface area contributed by atoms with Crippen LogP contribution in [0.2, 0.25) is 0 Å². The van der Waals surface area contributed by atoms with Gasteiger partial charge in [-0.15, -0.1) is 0 Å². The van der Waals surface area contributed by atoms with Crippen molar-refractivity contribution in [3.63, 3.8) is 0 Å². The molecule has 0 aliphatic carbocycles. The number of fused-ring (bicyclic) bond motifs is 1. The van der Waals surface area contributed by atoms with Gasteiger partial charge in [-0.3, -0.25) is 19.2 Å². The molecule has 0 aromatic heterocycles. The second kappa shape index (κ2) is 12.7. The van der Waals surface area contributed by atoms with Crippen molar-refractivity contribution < 1.29 is 33.8 Å². The molecule has 36 heavy (non-hydrogen) atoms. The van der Waals surface area contributed by atoms with Gasteiger partial charge in [0.25, 0.3) is 5.91 Å². The molecule has 1 aromatic rings. The molecule has 1 fully saturated rings. The van der Waals surface area contributed by atoms with Crippen LogP contribution < -0.4 is 31.3 Å². The summed E-state index contributed by atoms with van der Waals surface area (Å²) < 4.78 is 5.70. The number of aliphatic hydroxyl groups excluding tert-OH is 1. The van der Waals surface area contributed by atoms with E-state index in [2.05, 4.69) is 26.6 Å². The smallest absolute Gasteiger partial charge is 0.317 e. The lowest BCUT2D eigenvalue weighted by Gasteiger charge is -2.23. The lowest BCUT2D eigenvalue weighted by atomic mass is 10.1. The number of nitrogens with zero attached hydrogens (tertiary/aromatic N) is 1. The Kier molecular flexibility index (Phi) is 9.45. The number of ether oxygens (including phenoxy) is 1. The molecule has 6 N–H and O–H groups in total. The summed E-state index contributed by atoms with van der Waals surface area (Å²) in [5, 5.41) is 22.9. The summed E-state index contributed by atoms with van der Waals surface area (Å²) in [6.07, 6.45) is -1.26. The van der Waals surface area contributed by atoms with Gasteiger partial charge in [-0.1, -0.05) is 12.1 Å². The third-order valence-corrected chi connectivity index (χ3v) is 5.73. The van der Waals surface area contributed by atoms with Gasteiger partial charge >= 0.3 is 6.03 Å². The van der Waals surface area contributed by atoms with Crippen molar-refractivity contribution >= 4 is 29.7 Å². The maximum Gasteiger partial charge on any atom is 0.317 e. The molecule has 0 spiro atoms. The number of carbonyl (C=O) groups excluding carboxylic acids is 5. The molecule has 1 saturated heterocycles. The van der Waals surface area contributed by atoms with Crippen LogP contribution in [0.5, 0.6) is 5.75 Å². The average molecular weight is 505 g/mol. The van der Waals surface area contributed by atoms with Crippen molar-refractivity contribution in [2.24, 2.45) is 0 Å². The summed E-state index contributed by atoms with van der Waals surface area (Å²) in [4.78, 5) is 64.4. The summed E-state index contributed by atoms with van der Waals surface area (Å²) in [7, 11) is 0. The highest BCUT2D eigenvalue weighted by Crippen LogP contribution is 2.18. The molecular weight excluding hydrogens is 472 g/mol. The molecule has 2 aliphatic heterocycles. The van der Waals surface area contributed by atoms with Crippen LogP contribution in [0.15, 0.2) is 24.3 Å². The van der Waals surface area contributed by atoms with E-state index in [0.717, 1.165) is 0 Å². The van der Waals surface area contributed by atoms with E-state index < -0.39 is 48.2 Å². The first-order valence-electron chi connectivity index (χ1n) is 11.8. The largest absolute Gasteiger partial charge is 0.493 e. The van der Waals surface area contributed by atoms with Crippen LogP contribution in [0.1, 0.15) is 30.1 Å². The van der Waals surface area contributed by atoms with Crippen LogP contribution in [-0.2, 0) is 14.4 Å². The molecule has 0 bridgehead atoms. The zero-order chi connectivity index (χ0) is 26.1. The van der Waals surface area contributed by atoms with Crippen molar-refractivity contribution in [3.8, 4) is 5.75 Å². The van der Waals surface area contributed by atoms with Crippen molar-refractivity contribution in [3.05, 3.63) is 29.8 Å². The molecule has 0 unspecified atom stereocenters. The molecule has 0 radical (unpaired) electrons. The Morgan fingerprint density at radius 2 is 1.94 bits per heavy atom. The van der Waals surface area contributed by atoms with Crippen LogP contribution >= 0.6 is 0 Å². The minimum absolute atomic E-state index is 0.110. The average Bonchev–Trinajstić information content (AvgIpc) is 3.25. The Labute approximate surface area is 208 Å². The number of benzene rings is 1. The number of urea groups is 1. The number of nitrogens with one attached hydrogen (secondary N) is 5. The highest BCUT2D eigenvalue weighted by molar-refractivity contribution is 6.01. The Morgan fingerprint density at radius 1 is 1.17 bits per heavy atom. The van der Waals surface area contributed by atoms with Gasteiger partial charge < -0.3 is 41.3 Å². The molecule has 6 amide bonds. The predicted octanol–water partition coefficient (Wildman–Crippen LogP) is -1.92. The van der Waals surface area contributed by atoms with E-state index in [0.29, 0.717) is 25.3 Å². The standard InChI is InChI=1S/C23H32N6O7/c1-14(30)19-22(34)24-7-4-12-36-17-6-3-2-5-15(17)20(32)27-16(13-18(31)28-19)21(33)25-8-10-29-11-9-26-23(29)35/h2-3,5-6,14,16,19,30H,4,7-13H2,1H3,(H,24,34)(H,25,33)(H,26,35)(H,27,32)(H,28,31)/t14-,16+,19+/m1/s1. The maximum atomic E-state index is 13.0. The number of amides is 6. The normalized spacial score (nSPS) is 22.4. The first-order valence-corrected chi connectivity index (χ1v) is 11.8. The lowest BCUT2D eigenvalue weighted by molar-refractivity contribution is -0.133. The van der Waals surface area contributed by atoms with Gasteiger partial charge in [0.05, 0.1) is 24.7 Å². The SMILES string of the molecule is C[C@@H](O)[C@@H]1NC(=O)C[C@@H](C(=O)NCCN2CCNC2=O)NC(=O)c2ccccc2OCCCNC1=O. The lowest BCUT2D eigenvalue weighted by Crippen LogP contribution is -2.55. The summed E-state index contributed by atoms with van der Waals surface area (Å²) in [5.41, 5.74) is 0.185. The summed E-state index contributed by atoms with van der Waals surface area (Å²) in [6.45, 7) is 3.18. The third-order valence-electron chi connectivity index (χ3n) is 5.73. The van der Waals surface area contributed by atoms with E-state index in [1.165, 1.54) is 17.9 Å². The minimum Gasteiger partial charge on any atom is -0.493 e. The Bertz CT molecular complexity index is 985. The quantitative estimate of drug-likeness (QED) is 0.271. The van der Waals surface area contributed by atoms with Crippen molar-refractivity contribution in [1.82, 2.24) is 31.5 Å². The van der Waals surface area contributed by atoms with Gasteiger partial charge in [0.1, 0.15) is 17.8 Å². The zero-order valence-corrected chi connectivity index (χ0v) is 20.0. The van der Waals surface area contributed by atoms with Crippen LogP contribution in [-0.4, -0.2) is 97.2 Å². The van der Waals surface area contributed by atoms with Gasteiger partial charge in [-0.05, 0) is 25.5 Å². The number of para-hydroxylation sites is 1. The fourth-order valence-corrected chi connectivity index (χ4v) is 3.79. The van der Waals surface area contributed by atoms with E-state index in [-0.39, 0.29) is 37.8 Å². The highest BCUT2D eigenvalue weighted by atomic mass is 16.5. The number of hydrogen-bond donors (Lipinski definition) is 6. The molecule has 1 aromatic carbocycles. The summed E-state index contributed by atoms with van der Waals surface area (Å²) in [5.74, 6) is -2.26. The Hall–Kier alpha value is -3.87. The number of hydrogen-bond acceptors (Lipinski definition) is 7. The fourth-order valence-electron chi connectivity index (χ4n) is 3.79. The molecule has 196 valence electrons. The summed E-state index contributed by atoms with van der Waals surface area (Å²) in [6, 6.07) is 3.72. The van der Waals surface area contributed by atoms with Crippen molar-refractivity contribution in [2.75, 3.05) is 39.3 Å². The highest BCUT2D eigenvalue weighted by Gasteiger charge is 2.30. The second-order valence-corrected chi connectivity index (χ2v) is 8.52. The third kappa shape index (κ3) is 7.31. The van der Waals surface area contributed by atoms with Gasteiger partial charge in [0.2, 0.25) is 17.7 Å². The van der Waals surface area contributed by atoms with Crippen LogP contribution in [0.3, 0.4) is 0 Å². The summed E-state index contributed by atoms with van der Waals surface area (Å²) >= 11 is 0. The van der Waals surface area contributed by atoms with Crippen molar-refractivity contribution in [1.29, 1.82) is 0 Å². The minimum atomic E-state index is -1.29. The molecule has 13 heteroatoms. The van der Waals surface area contributed by atoms with Gasteiger partial charge in [0, 0.05) is 32.7 Å². The molecule has 2 aliphatic rings. The zero-order valence-electron chi connectivity index (χ0n) is 20.0. The Morgan fingerprint density at radius 3 is 2.67 bits per heavy atom. The molecule has 3 atom stereocenters. The van der Waals surface area contributed by atoms with Gasteiger partial charge in [-0.2, -0.15) is 0 Å².